The maximum atomic E-state index is 13.1. The Kier molecular flexibility index (Phi) is 2.07. The fourth-order valence-electron chi connectivity index (χ4n) is 2.07. The number of hydrogen-bond acceptors (Lipinski definition) is 1. The summed E-state index contributed by atoms with van der Waals surface area (Å²) in [5.41, 5.74) is 1.45. The summed E-state index contributed by atoms with van der Waals surface area (Å²) in [5, 5.41) is 0. The lowest BCUT2D eigenvalue weighted by Gasteiger charge is -2.19. The Labute approximate surface area is 88.7 Å². The number of benzene rings is 1. The summed E-state index contributed by atoms with van der Waals surface area (Å²) in [6.45, 7) is 7.95. The molecule has 1 heterocycles. The van der Waals surface area contributed by atoms with E-state index >= 15 is 0 Å². The third-order valence-electron chi connectivity index (χ3n) is 2.83. The Morgan fingerprint density at radius 2 is 2.20 bits per heavy atom. The summed E-state index contributed by atoms with van der Waals surface area (Å²) in [4.78, 5) is 12.9. The van der Waals surface area contributed by atoms with Crippen LogP contribution in [-0.4, -0.2) is 12.5 Å². The standard InChI is InChI=1S/C12H13FNO/c1-8(15)14-7-12(2,3)10-6-9(13)4-5-11(10)14/h4-6H,1,7H2,2-3H3. The summed E-state index contributed by atoms with van der Waals surface area (Å²) < 4.78 is 13.1. The van der Waals surface area contributed by atoms with Crippen molar-refractivity contribution in [3.8, 4) is 0 Å². The molecule has 0 atom stereocenters. The van der Waals surface area contributed by atoms with E-state index in [0.717, 1.165) is 11.3 Å². The summed E-state index contributed by atoms with van der Waals surface area (Å²) in [6.07, 6.45) is 0. The van der Waals surface area contributed by atoms with E-state index in [2.05, 4.69) is 6.92 Å². The van der Waals surface area contributed by atoms with Crippen molar-refractivity contribution in [3.05, 3.63) is 36.5 Å². The first-order chi connectivity index (χ1) is 6.92. The molecular weight excluding hydrogens is 193 g/mol. The van der Waals surface area contributed by atoms with Crippen molar-refractivity contribution in [1.82, 2.24) is 0 Å². The molecule has 2 rings (SSSR count). The zero-order chi connectivity index (χ0) is 11.2. The normalized spacial score (nSPS) is 17.7. The highest BCUT2D eigenvalue weighted by Crippen LogP contribution is 2.40. The summed E-state index contributed by atoms with van der Waals surface area (Å²) in [6, 6.07) is 4.51. The molecule has 0 unspecified atom stereocenters. The van der Waals surface area contributed by atoms with Gasteiger partial charge in [-0.05, 0) is 23.8 Å². The highest BCUT2D eigenvalue weighted by Gasteiger charge is 2.36. The molecule has 0 N–H and O–H groups in total. The lowest BCUT2D eigenvalue weighted by atomic mass is 9.87. The van der Waals surface area contributed by atoms with E-state index in [9.17, 15) is 9.18 Å². The van der Waals surface area contributed by atoms with Crippen molar-refractivity contribution in [1.29, 1.82) is 0 Å². The van der Waals surface area contributed by atoms with E-state index in [4.69, 9.17) is 0 Å². The molecule has 15 heavy (non-hydrogen) atoms. The molecule has 1 aliphatic heterocycles. The van der Waals surface area contributed by atoms with Crippen LogP contribution < -0.4 is 4.90 Å². The topological polar surface area (TPSA) is 20.3 Å². The first-order valence-corrected chi connectivity index (χ1v) is 4.85. The monoisotopic (exact) mass is 206 g/mol. The van der Waals surface area contributed by atoms with Crippen LogP contribution in [0.15, 0.2) is 18.2 Å². The summed E-state index contributed by atoms with van der Waals surface area (Å²) in [5.74, 6) is -0.506. The van der Waals surface area contributed by atoms with Gasteiger partial charge in [0.25, 0.3) is 0 Å². The Hall–Kier alpha value is -1.38. The number of carbonyl (C=O) groups is 1. The number of amides is 1. The van der Waals surface area contributed by atoms with Gasteiger partial charge in [0, 0.05) is 24.6 Å². The van der Waals surface area contributed by atoms with Crippen LogP contribution in [0.25, 0.3) is 0 Å². The molecule has 0 aliphatic carbocycles. The average molecular weight is 206 g/mol. The van der Waals surface area contributed by atoms with Gasteiger partial charge in [-0.15, -0.1) is 0 Å². The van der Waals surface area contributed by atoms with Gasteiger partial charge in [0.15, 0.2) is 0 Å². The SMILES string of the molecule is [CH2]C(=O)N1CC(C)(C)c2cc(F)ccc21. The molecule has 1 aromatic rings. The van der Waals surface area contributed by atoms with Gasteiger partial charge in [0.2, 0.25) is 5.91 Å². The lowest BCUT2D eigenvalue weighted by Crippen LogP contribution is -2.32. The third kappa shape index (κ3) is 1.52. The minimum atomic E-state index is -0.264. The van der Waals surface area contributed by atoms with Gasteiger partial charge in [0.1, 0.15) is 5.82 Å². The quantitative estimate of drug-likeness (QED) is 0.637. The van der Waals surface area contributed by atoms with E-state index < -0.39 is 0 Å². The first-order valence-electron chi connectivity index (χ1n) is 4.85. The lowest BCUT2D eigenvalue weighted by molar-refractivity contribution is -0.114. The predicted octanol–water partition coefficient (Wildman–Crippen LogP) is 2.28. The van der Waals surface area contributed by atoms with Crippen molar-refractivity contribution in [3.63, 3.8) is 0 Å². The second-order valence-corrected chi connectivity index (χ2v) is 4.53. The molecule has 0 aromatic heterocycles. The Bertz CT molecular complexity index is 426. The van der Waals surface area contributed by atoms with Gasteiger partial charge in [0.05, 0.1) is 0 Å². The van der Waals surface area contributed by atoms with Gasteiger partial charge in [-0.25, -0.2) is 4.39 Å². The third-order valence-corrected chi connectivity index (χ3v) is 2.83. The number of fused-ring (bicyclic) bond motifs is 1. The van der Waals surface area contributed by atoms with Gasteiger partial charge in [-0.2, -0.15) is 0 Å². The molecule has 2 nitrogen and oxygen atoms in total. The zero-order valence-electron chi connectivity index (χ0n) is 8.88. The fraction of sp³-hybridized carbons (Fsp3) is 0.333. The minimum Gasteiger partial charge on any atom is -0.311 e. The van der Waals surface area contributed by atoms with Gasteiger partial charge in [-0.3, -0.25) is 4.79 Å². The second kappa shape index (κ2) is 3.05. The van der Waals surface area contributed by atoms with E-state index in [1.807, 2.05) is 13.8 Å². The zero-order valence-corrected chi connectivity index (χ0v) is 8.88. The van der Waals surface area contributed by atoms with Crippen molar-refractivity contribution in [2.24, 2.45) is 0 Å². The smallest absolute Gasteiger partial charge is 0.227 e. The van der Waals surface area contributed by atoms with E-state index in [-0.39, 0.29) is 17.1 Å². The van der Waals surface area contributed by atoms with Crippen LogP contribution in [0, 0.1) is 12.7 Å². The molecule has 0 saturated carbocycles. The number of carbonyl (C=O) groups excluding carboxylic acids is 1. The number of rotatable bonds is 0. The molecule has 1 radical (unpaired) electrons. The molecule has 1 aliphatic rings. The molecule has 0 fully saturated rings. The van der Waals surface area contributed by atoms with E-state index in [1.54, 1.807) is 11.0 Å². The number of nitrogens with zero attached hydrogens (tertiary/aromatic N) is 1. The van der Waals surface area contributed by atoms with Crippen molar-refractivity contribution >= 4 is 11.6 Å². The predicted molar refractivity (Wildman–Crippen MR) is 57.1 cm³/mol. The van der Waals surface area contributed by atoms with Crippen LogP contribution >= 0.6 is 0 Å². The summed E-state index contributed by atoms with van der Waals surface area (Å²) in [7, 11) is 0. The van der Waals surface area contributed by atoms with Crippen LogP contribution in [0.2, 0.25) is 0 Å². The molecule has 1 aromatic carbocycles. The number of halogens is 1. The van der Waals surface area contributed by atoms with Crippen LogP contribution in [0.4, 0.5) is 10.1 Å². The van der Waals surface area contributed by atoms with Crippen molar-refractivity contribution in [2.75, 3.05) is 11.4 Å². The summed E-state index contributed by atoms with van der Waals surface area (Å²) >= 11 is 0. The molecular formula is C12H13FNO. The first kappa shape index (κ1) is 10.1. The van der Waals surface area contributed by atoms with Crippen LogP contribution in [0.3, 0.4) is 0 Å². The molecule has 0 saturated heterocycles. The number of hydrogen-bond donors (Lipinski definition) is 0. The van der Waals surface area contributed by atoms with Crippen LogP contribution in [-0.2, 0) is 10.2 Å². The Morgan fingerprint density at radius 3 is 2.80 bits per heavy atom. The molecule has 0 spiro atoms. The van der Waals surface area contributed by atoms with Gasteiger partial charge < -0.3 is 4.90 Å². The Morgan fingerprint density at radius 1 is 1.53 bits per heavy atom. The molecule has 0 bridgehead atoms. The Balaban J connectivity index is 2.58. The van der Waals surface area contributed by atoms with Gasteiger partial charge >= 0.3 is 0 Å². The fourth-order valence-corrected chi connectivity index (χ4v) is 2.07. The van der Waals surface area contributed by atoms with Gasteiger partial charge in [-0.1, -0.05) is 13.8 Å². The van der Waals surface area contributed by atoms with E-state index in [0.29, 0.717) is 6.54 Å². The van der Waals surface area contributed by atoms with Crippen LogP contribution in [0.5, 0.6) is 0 Å². The second-order valence-electron chi connectivity index (χ2n) is 4.53. The minimum absolute atomic E-state index is 0.204. The van der Waals surface area contributed by atoms with Crippen LogP contribution in [0.1, 0.15) is 19.4 Å². The highest BCUT2D eigenvalue weighted by molar-refractivity contribution is 5.98. The molecule has 1 amide bonds. The van der Waals surface area contributed by atoms with Crippen molar-refractivity contribution in [2.45, 2.75) is 19.3 Å². The maximum absolute atomic E-state index is 13.1. The molecule has 3 heteroatoms. The van der Waals surface area contributed by atoms with Crippen molar-refractivity contribution < 1.29 is 9.18 Å². The highest BCUT2D eigenvalue weighted by atomic mass is 19.1. The molecule has 79 valence electrons. The maximum Gasteiger partial charge on any atom is 0.227 e. The van der Waals surface area contributed by atoms with E-state index in [1.165, 1.54) is 12.1 Å². The average Bonchev–Trinajstić information content (AvgIpc) is 2.39. The number of anilines is 1. The largest absolute Gasteiger partial charge is 0.311 e.